The Morgan fingerprint density at radius 1 is 0.837 bits per heavy atom. The molecule has 1 aliphatic carbocycles. The third-order valence-electron chi connectivity index (χ3n) is 8.28. The zero-order valence-corrected chi connectivity index (χ0v) is 24.1. The van der Waals surface area contributed by atoms with Crippen molar-refractivity contribution in [3.8, 4) is 5.75 Å². The van der Waals surface area contributed by atoms with Gasteiger partial charge in [-0.1, -0.05) is 54.6 Å². The van der Waals surface area contributed by atoms with Crippen LogP contribution in [0.3, 0.4) is 0 Å². The van der Waals surface area contributed by atoms with Crippen molar-refractivity contribution in [1.82, 2.24) is 5.32 Å². The molecule has 2 N–H and O–H groups in total. The number of carbonyl (C=O) groups is 2. The molecule has 1 saturated heterocycles. The molecule has 43 heavy (non-hydrogen) atoms. The number of benzene rings is 4. The first-order valence-corrected chi connectivity index (χ1v) is 14.7. The quantitative estimate of drug-likeness (QED) is 0.261. The molecule has 4 aromatic rings. The standard InChI is InChI=1S/C35H35FN4O3/c1-43-33-10-6-5-9-32(33)40-19-17-39(18-20-40)31-16-15-27(38-35(42)29-22-28(29)25-7-3-2-4-8-25)21-30(31)34(41)37-23-24-11-13-26(36)14-12-24/h2-16,21,28-29H,17-20,22-23H2,1H3,(H,37,41)(H,38,42). The van der Waals surface area contributed by atoms with Gasteiger partial charge in [-0.25, -0.2) is 4.39 Å². The monoisotopic (exact) mass is 578 g/mol. The highest BCUT2D eigenvalue weighted by Crippen LogP contribution is 2.48. The Hall–Kier alpha value is -4.85. The molecular weight excluding hydrogens is 543 g/mol. The fraction of sp³-hybridized carbons (Fsp3) is 0.257. The van der Waals surface area contributed by atoms with Crippen molar-refractivity contribution in [2.24, 2.45) is 5.92 Å². The van der Waals surface area contributed by atoms with Gasteiger partial charge in [-0.2, -0.15) is 0 Å². The second kappa shape index (κ2) is 12.6. The third kappa shape index (κ3) is 6.48. The van der Waals surface area contributed by atoms with E-state index in [2.05, 4.69) is 38.6 Å². The van der Waals surface area contributed by atoms with E-state index in [1.54, 1.807) is 25.3 Å². The Kier molecular flexibility index (Phi) is 8.27. The number of rotatable bonds is 9. The first kappa shape index (κ1) is 28.3. The van der Waals surface area contributed by atoms with Crippen LogP contribution in [0.1, 0.15) is 33.8 Å². The highest BCUT2D eigenvalue weighted by Gasteiger charge is 2.43. The van der Waals surface area contributed by atoms with Crippen LogP contribution in [0.5, 0.6) is 5.75 Å². The molecule has 2 unspecified atom stereocenters. The molecule has 0 spiro atoms. The number of nitrogens with one attached hydrogen (secondary N) is 2. The Morgan fingerprint density at radius 3 is 2.23 bits per heavy atom. The highest BCUT2D eigenvalue weighted by atomic mass is 19.1. The van der Waals surface area contributed by atoms with Crippen molar-refractivity contribution in [2.75, 3.05) is 48.4 Å². The zero-order chi connectivity index (χ0) is 29.8. The maximum Gasteiger partial charge on any atom is 0.253 e. The fourth-order valence-corrected chi connectivity index (χ4v) is 5.82. The van der Waals surface area contributed by atoms with E-state index in [4.69, 9.17) is 4.74 Å². The normalized spacial score (nSPS) is 17.7. The van der Waals surface area contributed by atoms with Gasteiger partial charge in [0.25, 0.3) is 5.91 Å². The van der Waals surface area contributed by atoms with Crippen LogP contribution in [-0.2, 0) is 11.3 Å². The minimum atomic E-state index is -0.321. The maximum atomic E-state index is 13.6. The summed E-state index contributed by atoms with van der Waals surface area (Å²) in [5, 5.41) is 6.03. The Balaban J connectivity index is 1.19. The van der Waals surface area contributed by atoms with Gasteiger partial charge in [0.2, 0.25) is 5.91 Å². The maximum absolute atomic E-state index is 13.6. The van der Waals surface area contributed by atoms with Crippen LogP contribution in [0.2, 0.25) is 0 Å². The van der Waals surface area contributed by atoms with E-state index in [1.165, 1.54) is 17.7 Å². The number of methoxy groups -OCH3 is 1. The van der Waals surface area contributed by atoms with Crippen molar-refractivity contribution in [3.63, 3.8) is 0 Å². The predicted molar refractivity (Wildman–Crippen MR) is 167 cm³/mol. The van der Waals surface area contributed by atoms with Crippen LogP contribution in [0, 0.1) is 11.7 Å². The van der Waals surface area contributed by atoms with Crippen LogP contribution in [0.25, 0.3) is 0 Å². The number of carbonyl (C=O) groups excluding carboxylic acids is 2. The lowest BCUT2D eigenvalue weighted by Crippen LogP contribution is -2.47. The molecular formula is C35H35FN4O3. The van der Waals surface area contributed by atoms with E-state index >= 15 is 0 Å². The van der Waals surface area contributed by atoms with Crippen LogP contribution in [-0.4, -0.2) is 45.1 Å². The number of nitrogens with zero attached hydrogens (tertiary/aromatic N) is 2. The number of anilines is 3. The van der Waals surface area contributed by atoms with E-state index in [1.807, 2.05) is 48.5 Å². The summed E-state index contributed by atoms with van der Waals surface area (Å²) in [6.07, 6.45) is 0.815. The SMILES string of the molecule is COc1ccccc1N1CCN(c2ccc(NC(=O)C3CC3c3ccccc3)cc2C(=O)NCc2ccc(F)cc2)CC1. The molecule has 0 radical (unpaired) electrons. The lowest BCUT2D eigenvalue weighted by molar-refractivity contribution is -0.117. The van der Waals surface area contributed by atoms with Gasteiger partial charge >= 0.3 is 0 Å². The molecule has 220 valence electrons. The lowest BCUT2D eigenvalue weighted by atomic mass is 10.1. The van der Waals surface area contributed by atoms with Gasteiger partial charge in [0.1, 0.15) is 11.6 Å². The number of piperazine rings is 1. The van der Waals surface area contributed by atoms with Gasteiger partial charge in [-0.05, 0) is 65.9 Å². The summed E-state index contributed by atoms with van der Waals surface area (Å²) in [4.78, 5) is 31.2. The van der Waals surface area contributed by atoms with Crippen molar-refractivity contribution in [2.45, 2.75) is 18.9 Å². The number of amides is 2. The van der Waals surface area contributed by atoms with Gasteiger partial charge < -0.3 is 25.2 Å². The van der Waals surface area contributed by atoms with Gasteiger partial charge in [0.15, 0.2) is 0 Å². The summed E-state index contributed by atoms with van der Waals surface area (Å²) >= 11 is 0. The third-order valence-corrected chi connectivity index (χ3v) is 8.28. The summed E-state index contributed by atoms with van der Waals surface area (Å²) in [6.45, 7) is 3.21. The molecule has 0 aromatic heterocycles. The molecule has 1 aliphatic heterocycles. The Labute approximate surface area is 251 Å². The van der Waals surface area contributed by atoms with Crippen LogP contribution in [0.15, 0.2) is 97.1 Å². The topological polar surface area (TPSA) is 73.9 Å². The largest absolute Gasteiger partial charge is 0.495 e. The molecule has 8 heteroatoms. The van der Waals surface area contributed by atoms with Gasteiger partial charge in [-0.3, -0.25) is 9.59 Å². The molecule has 1 saturated carbocycles. The average Bonchev–Trinajstić information content (AvgIpc) is 3.86. The molecule has 2 fully saturated rings. The summed E-state index contributed by atoms with van der Waals surface area (Å²) < 4.78 is 18.9. The highest BCUT2D eigenvalue weighted by molar-refractivity contribution is 6.02. The second-order valence-electron chi connectivity index (χ2n) is 11.0. The first-order chi connectivity index (χ1) is 21.0. The van der Waals surface area contributed by atoms with Gasteiger partial charge in [0.05, 0.1) is 18.4 Å². The summed E-state index contributed by atoms with van der Waals surface area (Å²) in [6, 6.07) is 29.7. The molecule has 0 bridgehead atoms. The fourth-order valence-electron chi connectivity index (χ4n) is 5.82. The van der Waals surface area contributed by atoms with Gasteiger partial charge in [0, 0.05) is 50.0 Å². The van der Waals surface area contributed by atoms with Crippen molar-refractivity contribution in [1.29, 1.82) is 0 Å². The number of hydrogen-bond acceptors (Lipinski definition) is 5. The van der Waals surface area contributed by atoms with Crippen LogP contribution >= 0.6 is 0 Å². The predicted octanol–water partition coefficient (Wildman–Crippen LogP) is 5.83. The molecule has 1 heterocycles. The molecule has 2 atom stereocenters. The number of halogens is 1. The van der Waals surface area contributed by atoms with Crippen molar-refractivity contribution >= 4 is 28.9 Å². The van der Waals surface area contributed by atoms with E-state index < -0.39 is 0 Å². The molecule has 6 rings (SSSR count). The molecule has 2 aliphatic rings. The van der Waals surface area contributed by atoms with E-state index in [9.17, 15) is 14.0 Å². The minimum Gasteiger partial charge on any atom is -0.495 e. The minimum absolute atomic E-state index is 0.0373. The van der Waals surface area contributed by atoms with Crippen molar-refractivity contribution in [3.05, 3.63) is 120 Å². The average molecular weight is 579 g/mol. The number of ether oxygens (including phenoxy) is 1. The number of hydrogen-bond donors (Lipinski definition) is 2. The lowest BCUT2D eigenvalue weighted by Gasteiger charge is -2.38. The Morgan fingerprint density at radius 2 is 1.51 bits per heavy atom. The van der Waals surface area contributed by atoms with E-state index in [0.29, 0.717) is 24.3 Å². The van der Waals surface area contributed by atoms with Crippen LogP contribution < -0.4 is 25.2 Å². The van der Waals surface area contributed by atoms with E-state index in [0.717, 1.165) is 42.2 Å². The first-order valence-electron chi connectivity index (χ1n) is 14.7. The molecule has 4 aromatic carbocycles. The van der Waals surface area contributed by atoms with E-state index in [-0.39, 0.29) is 36.0 Å². The molecule has 7 nitrogen and oxygen atoms in total. The van der Waals surface area contributed by atoms with Crippen molar-refractivity contribution < 1.29 is 18.7 Å². The summed E-state index contributed by atoms with van der Waals surface area (Å²) in [5.41, 5.74) is 4.91. The smallest absolute Gasteiger partial charge is 0.253 e. The molecule has 2 amide bonds. The zero-order valence-electron chi connectivity index (χ0n) is 24.1. The summed E-state index contributed by atoms with van der Waals surface area (Å²) in [7, 11) is 1.68. The Bertz CT molecular complexity index is 1590. The number of para-hydroxylation sites is 2. The summed E-state index contributed by atoms with van der Waals surface area (Å²) in [5.74, 6) is 0.362. The van der Waals surface area contributed by atoms with Crippen LogP contribution in [0.4, 0.5) is 21.5 Å². The second-order valence-corrected chi connectivity index (χ2v) is 11.0. The van der Waals surface area contributed by atoms with Gasteiger partial charge in [-0.15, -0.1) is 0 Å².